The lowest BCUT2D eigenvalue weighted by atomic mass is 9.85. The van der Waals surface area contributed by atoms with Gasteiger partial charge in [0.2, 0.25) is 5.91 Å². The molecular formula is C28H43N3O3. The van der Waals surface area contributed by atoms with Gasteiger partial charge in [0.15, 0.2) is 0 Å². The number of nitrogens with zero attached hydrogens (tertiary/aromatic N) is 2. The minimum absolute atomic E-state index is 0.203. The summed E-state index contributed by atoms with van der Waals surface area (Å²) in [6, 6.07) is 8.26. The molecule has 2 aromatic rings. The molecule has 1 aliphatic rings. The Morgan fingerprint density at radius 3 is 2.24 bits per heavy atom. The molecule has 0 bridgehead atoms. The highest BCUT2D eigenvalue weighted by Crippen LogP contribution is 2.26. The minimum atomic E-state index is -0.323. The van der Waals surface area contributed by atoms with Crippen LogP contribution in [0, 0.1) is 5.41 Å². The van der Waals surface area contributed by atoms with E-state index in [0.717, 1.165) is 76.0 Å². The van der Waals surface area contributed by atoms with Gasteiger partial charge in [0, 0.05) is 30.4 Å². The van der Waals surface area contributed by atoms with Crippen LogP contribution in [0.25, 0.3) is 0 Å². The smallest absolute Gasteiger partial charge is 0.225 e. The van der Waals surface area contributed by atoms with Gasteiger partial charge in [-0.1, -0.05) is 33.1 Å². The number of amides is 1. The van der Waals surface area contributed by atoms with Crippen molar-refractivity contribution in [2.75, 3.05) is 13.2 Å². The Balaban J connectivity index is 1.22. The normalized spacial score (nSPS) is 14.6. The zero-order chi connectivity index (χ0) is 24.1. The van der Waals surface area contributed by atoms with Crippen LogP contribution in [-0.4, -0.2) is 34.7 Å². The Morgan fingerprint density at radius 1 is 0.971 bits per heavy atom. The number of aromatic nitrogens is 2. The quantitative estimate of drug-likeness (QED) is 0.317. The molecule has 34 heavy (non-hydrogen) atoms. The second kappa shape index (κ2) is 14.0. The Labute approximate surface area is 205 Å². The number of benzene rings is 1. The third-order valence-corrected chi connectivity index (χ3v) is 6.73. The summed E-state index contributed by atoms with van der Waals surface area (Å²) in [4.78, 5) is 16.7. The topological polar surface area (TPSA) is 65.4 Å². The van der Waals surface area contributed by atoms with E-state index in [-0.39, 0.29) is 11.3 Å². The van der Waals surface area contributed by atoms with Crippen molar-refractivity contribution < 1.29 is 14.3 Å². The fourth-order valence-corrected chi connectivity index (χ4v) is 4.41. The van der Waals surface area contributed by atoms with Crippen molar-refractivity contribution in [1.82, 2.24) is 14.9 Å². The molecule has 6 heteroatoms. The number of hydrogen-bond acceptors (Lipinski definition) is 4. The van der Waals surface area contributed by atoms with E-state index >= 15 is 0 Å². The van der Waals surface area contributed by atoms with Gasteiger partial charge in [-0.3, -0.25) is 4.79 Å². The second-order valence-electron chi connectivity index (χ2n) is 10.2. The number of unbranched alkanes of at least 4 members (excludes halogenated alkanes) is 3. The van der Waals surface area contributed by atoms with Crippen LogP contribution in [0.5, 0.6) is 11.5 Å². The van der Waals surface area contributed by atoms with Gasteiger partial charge in [-0.05, 0) is 75.6 Å². The SMILES string of the molecule is CC(C)(CCCCOc1ccc(OCCCCCn2ccnc2)cc1)C(=O)NC1CCCCC1. The molecule has 1 heterocycles. The monoisotopic (exact) mass is 469 g/mol. The molecule has 0 radical (unpaired) electrons. The highest BCUT2D eigenvalue weighted by molar-refractivity contribution is 5.82. The first kappa shape index (κ1) is 26.1. The highest BCUT2D eigenvalue weighted by Gasteiger charge is 2.29. The van der Waals surface area contributed by atoms with Gasteiger partial charge >= 0.3 is 0 Å². The van der Waals surface area contributed by atoms with Crippen molar-refractivity contribution in [2.45, 2.75) is 97.1 Å². The van der Waals surface area contributed by atoms with Crippen LogP contribution in [0.2, 0.25) is 0 Å². The van der Waals surface area contributed by atoms with E-state index in [2.05, 4.69) is 28.7 Å². The van der Waals surface area contributed by atoms with Crippen LogP contribution in [0.15, 0.2) is 43.0 Å². The number of imidazole rings is 1. The van der Waals surface area contributed by atoms with Crippen LogP contribution in [0.1, 0.15) is 84.5 Å². The van der Waals surface area contributed by atoms with Crippen molar-refractivity contribution in [2.24, 2.45) is 5.41 Å². The van der Waals surface area contributed by atoms with Crippen LogP contribution in [0.4, 0.5) is 0 Å². The van der Waals surface area contributed by atoms with Crippen molar-refractivity contribution >= 4 is 5.91 Å². The number of carbonyl (C=O) groups excluding carboxylic acids is 1. The second-order valence-corrected chi connectivity index (χ2v) is 10.2. The lowest BCUT2D eigenvalue weighted by molar-refractivity contribution is -0.130. The molecule has 0 saturated heterocycles. The minimum Gasteiger partial charge on any atom is -0.494 e. The van der Waals surface area contributed by atoms with E-state index in [1.807, 2.05) is 43.0 Å². The summed E-state index contributed by atoms with van der Waals surface area (Å²) in [6.45, 7) is 6.53. The molecule has 1 fully saturated rings. The van der Waals surface area contributed by atoms with E-state index in [1.54, 1.807) is 0 Å². The molecule has 3 rings (SSSR count). The van der Waals surface area contributed by atoms with Crippen LogP contribution < -0.4 is 14.8 Å². The molecule has 1 N–H and O–H groups in total. The fourth-order valence-electron chi connectivity index (χ4n) is 4.41. The van der Waals surface area contributed by atoms with Crippen molar-refractivity contribution in [3.05, 3.63) is 43.0 Å². The summed E-state index contributed by atoms with van der Waals surface area (Å²) in [6.07, 6.45) is 17.8. The first-order chi connectivity index (χ1) is 16.5. The molecule has 0 atom stereocenters. The third-order valence-electron chi connectivity index (χ3n) is 6.73. The van der Waals surface area contributed by atoms with Gasteiger partial charge in [0.25, 0.3) is 0 Å². The standard InChI is InChI=1S/C28H43N3O3/c1-28(2,27(32)30-24-11-5-3-6-12-24)17-7-10-22-34-26-15-13-25(14-16-26)33-21-9-4-8-19-31-20-18-29-23-31/h13-16,18,20,23-24H,3-12,17,19,21-22H2,1-2H3,(H,30,32). The Kier molecular flexibility index (Phi) is 10.8. The van der Waals surface area contributed by atoms with Crippen LogP contribution in [-0.2, 0) is 11.3 Å². The lowest BCUT2D eigenvalue weighted by Gasteiger charge is -2.29. The van der Waals surface area contributed by atoms with Gasteiger partial charge in [-0.2, -0.15) is 0 Å². The molecule has 1 saturated carbocycles. The molecule has 6 nitrogen and oxygen atoms in total. The summed E-state index contributed by atoms with van der Waals surface area (Å²) in [5, 5.41) is 3.28. The number of ether oxygens (including phenoxy) is 2. The number of nitrogens with one attached hydrogen (secondary N) is 1. The predicted octanol–water partition coefficient (Wildman–Crippen LogP) is 6.16. The van der Waals surface area contributed by atoms with Gasteiger partial charge in [-0.25, -0.2) is 4.98 Å². The lowest BCUT2D eigenvalue weighted by Crippen LogP contribution is -2.43. The van der Waals surface area contributed by atoms with Crippen molar-refractivity contribution in [3.8, 4) is 11.5 Å². The van der Waals surface area contributed by atoms with Gasteiger partial charge in [-0.15, -0.1) is 0 Å². The average molecular weight is 470 g/mol. The highest BCUT2D eigenvalue weighted by atomic mass is 16.5. The zero-order valence-corrected chi connectivity index (χ0v) is 21.1. The molecule has 188 valence electrons. The first-order valence-corrected chi connectivity index (χ1v) is 13.2. The predicted molar refractivity (Wildman–Crippen MR) is 136 cm³/mol. The molecule has 0 spiro atoms. The third kappa shape index (κ3) is 9.40. The maximum absolute atomic E-state index is 12.7. The summed E-state index contributed by atoms with van der Waals surface area (Å²) in [5.41, 5.74) is -0.323. The van der Waals surface area contributed by atoms with E-state index in [4.69, 9.17) is 9.47 Å². The Bertz CT molecular complexity index is 812. The van der Waals surface area contributed by atoms with Crippen LogP contribution >= 0.6 is 0 Å². The van der Waals surface area contributed by atoms with Gasteiger partial charge in [0.1, 0.15) is 11.5 Å². The van der Waals surface area contributed by atoms with Crippen molar-refractivity contribution in [1.29, 1.82) is 0 Å². The molecule has 1 aliphatic carbocycles. The molecular weight excluding hydrogens is 426 g/mol. The van der Waals surface area contributed by atoms with Gasteiger partial charge in [0.05, 0.1) is 19.5 Å². The number of aryl methyl sites for hydroxylation is 1. The summed E-state index contributed by atoms with van der Waals surface area (Å²) in [5.74, 6) is 1.95. The molecule has 1 aromatic carbocycles. The molecule has 1 amide bonds. The Morgan fingerprint density at radius 2 is 1.62 bits per heavy atom. The number of hydrogen-bond donors (Lipinski definition) is 1. The number of rotatable bonds is 15. The van der Waals surface area contributed by atoms with Crippen LogP contribution in [0.3, 0.4) is 0 Å². The van der Waals surface area contributed by atoms with E-state index in [9.17, 15) is 4.79 Å². The van der Waals surface area contributed by atoms with Crippen molar-refractivity contribution in [3.63, 3.8) is 0 Å². The maximum Gasteiger partial charge on any atom is 0.225 e. The summed E-state index contributed by atoms with van der Waals surface area (Å²) in [7, 11) is 0. The maximum atomic E-state index is 12.7. The molecule has 1 aromatic heterocycles. The van der Waals surface area contributed by atoms with E-state index < -0.39 is 0 Å². The Hall–Kier alpha value is -2.50. The first-order valence-electron chi connectivity index (χ1n) is 13.2. The van der Waals surface area contributed by atoms with E-state index in [1.165, 1.54) is 19.3 Å². The van der Waals surface area contributed by atoms with E-state index in [0.29, 0.717) is 12.6 Å². The zero-order valence-electron chi connectivity index (χ0n) is 21.1. The number of carbonyl (C=O) groups is 1. The average Bonchev–Trinajstić information content (AvgIpc) is 3.36. The fraction of sp³-hybridized carbons (Fsp3) is 0.643. The van der Waals surface area contributed by atoms with Gasteiger partial charge < -0.3 is 19.4 Å². The summed E-state index contributed by atoms with van der Waals surface area (Å²) < 4.78 is 13.8. The summed E-state index contributed by atoms with van der Waals surface area (Å²) >= 11 is 0. The molecule has 0 aliphatic heterocycles. The largest absolute Gasteiger partial charge is 0.494 e. The molecule has 0 unspecified atom stereocenters.